The molecule has 5 rings (SSSR count). The molecular weight excluding hydrogens is 496 g/mol. The van der Waals surface area contributed by atoms with Gasteiger partial charge in [0.05, 0.1) is 28.4 Å². The van der Waals surface area contributed by atoms with Crippen LogP contribution in [0.3, 0.4) is 0 Å². The Morgan fingerprint density at radius 3 is 2.32 bits per heavy atom. The molecule has 7 heteroatoms. The van der Waals surface area contributed by atoms with Crippen LogP contribution in [0.25, 0.3) is 16.0 Å². The van der Waals surface area contributed by atoms with E-state index in [0.29, 0.717) is 23.1 Å². The van der Waals surface area contributed by atoms with Gasteiger partial charge in [-0.1, -0.05) is 75.4 Å². The minimum atomic E-state index is -0.819. The van der Waals surface area contributed by atoms with E-state index in [1.807, 2.05) is 55.5 Å². The molecule has 1 fully saturated rings. The quantitative estimate of drug-likeness (QED) is 0.166. The number of para-hydroxylation sites is 1. The zero-order chi connectivity index (χ0) is 27.0. The van der Waals surface area contributed by atoms with Crippen LogP contribution in [0.4, 0.5) is 5.13 Å². The van der Waals surface area contributed by atoms with E-state index >= 15 is 0 Å². The molecule has 1 unspecified atom stereocenters. The molecule has 1 aliphatic rings. The molecule has 1 amide bonds. The van der Waals surface area contributed by atoms with Crippen LogP contribution >= 0.6 is 11.3 Å². The molecule has 1 saturated heterocycles. The van der Waals surface area contributed by atoms with E-state index in [-0.39, 0.29) is 16.7 Å². The Balaban J connectivity index is 1.65. The fourth-order valence-electron chi connectivity index (χ4n) is 4.56. The first-order valence-corrected chi connectivity index (χ1v) is 13.5. The third-order valence-electron chi connectivity index (χ3n) is 6.63. The summed E-state index contributed by atoms with van der Waals surface area (Å²) in [6.07, 6.45) is 0.880. The van der Waals surface area contributed by atoms with Gasteiger partial charge >= 0.3 is 5.91 Å². The van der Waals surface area contributed by atoms with Crippen LogP contribution in [-0.2, 0) is 15.0 Å². The SMILES string of the molecule is CCCOc1ccc(/C(O)=C2\C(=O)C(=O)N(c3nc4ccccc4s3)C2c2ccc(C(C)(C)C)cc2)cc1. The minimum Gasteiger partial charge on any atom is -0.507 e. The molecule has 38 heavy (non-hydrogen) atoms. The van der Waals surface area contributed by atoms with Gasteiger partial charge < -0.3 is 9.84 Å². The summed E-state index contributed by atoms with van der Waals surface area (Å²) in [4.78, 5) is 33.1. The number of carbonyl (C=O) groups is 2. The Hall–Kier alpha value is -3.97. The van der Waals surface area contributed by atoms with Crippen molar-refractivity contribution < 1.29 is 19.4 Å². The number of aromatic nitrogens is 1. The highest BCUT2D eigenvalue weighted by atomic mass is 32.1. The van der Waals surface area contributed by atoms with Crippen molar-refractivity contribution in [2.75, 3.05) is 11.5 Å². The maximum absolute atomic E-state index is 13.5. The van der Waals surface area contributed by atoms with Crippen LogP contribution in [0.2, 0.25) is 0 Å². The Morgan fingerprint density at radius 2 is 1.68 bits per heavy atom. The monoisotopic (exact) mass is 526 g/mol. The highest BCUT2D eigenvalue weighted by Gasteiger charge is 2.48. The summed E-state index contributed by atoms with van der Waals surface area (Å²) in [6.45, 7) is 9.00. The second-order valence-electron chi connectivity index (χ2n) is 10.4. The topological polar surface area (TPSA) is 79.7 Å². The summed E-state index contributed by atoms with van der Waals surface area (Å²) >= 11 is 1.35. The van der Waals surface area contributed by atoms with E-state index in [2.05, 4.69) is 25.8 Å². The first-order valence-electron chi connectivity index (χ1n) is 12.7. The van der Waals surface area contributed by atoms with Crippen molar-refractivity contribution in [3.8, 4) is 5.75 Å². The van der Waals surface area contributed by atoms with Gasteiger partial charge in [-0.3, -0.25) is 14.5 Å². The number of fused-ring (bicyclic) bond motifs is 1. The van der Waals surface area contributed by atoms with Crippen molar-refractivity contribution in [1.82, 2.24) is 4.98 Å². The van der Waals surface area contributed by atoms with Gasteiger partial charge in [-0.05, 0) is 59.4 Å². The smallest absolute Gasteiger partial charge is 0.301 e. The average molecular weight is 527 g/mol. The molecule has 3 aromatic carbocycles. The normalized spacial score (nSPS) is 17.4. The summed E-state index contributed by atoms with van der Waals surface area (Å²) in [5.74, 6) is -0.997. The lowest BCUT2D eigenvalue weighted by molar-refractivity contribution is -0.132. The number of aliphatic hydroxyl groups is 1. The number of ether oxygens (including phenoxy) is 1. The second-order valence-corrected chi connectivity index (χ2v) is 11.4. The van der Waals surface area contributed by atoms with E-state index in [9.17, 15) is 14.7 Å². The number of Topliss-reactive ketones (excluding diaryl/α,β-unsaturated/α-hetero) is 1. The van der Waals surface area contributed by atoms with Gasteiger partial charge in [0.2, 0.25) is 0 Å². The van der Waals surface area contributed by atoms with Gasteiger partial charge in [-0.15, -0.1) is 0 Å². The van der Waals surface area contributed by atoms with Gasteiger partial charge in [0.1, 0.15) is 11.5 Å². The van der Waals surface area contributed by atoms with Gasteiger partial charge in [0.15, 0.2) is 5.13 Å². The minimum absolute atomic E-state index is 0.0417. The molecular formula is C31H30N2O4S. The first kappa shape index (κ1) is 25.7. The molecule has 0 bridgehead atoms. The Labute approximate surface area is 226 Å². The molecule has 2 heterocycles. The Bertz CT molecular complexity index is 1500. The first-order chi connectivity index (χ1) is 18.2. The van der Waals surface area contributed by atoms with Crippen LogP contribution < -0.4 is 9.64 Å². The van der Waals surface area contributed by atoms with E-state index in [0.717, 1.165) is 27.8 Å². The number of ketones is 1. The van der Waals surface area contributed by atoms with Crippen molar-refractivity contribution in [2.45, 2.75) is 45.6 Å². The summed E-state index contributed by atoms with van der Waals surface area (Å²) in [7, 11) is 0. The maximum atomic E-state index is 13.5. The third kappa shape index (κ3) is 4.70. The summed E-state index contributed by atoms with van der Waals surface area (Å²) in [5, 5.41) is 11.8. The number of anilines is 1. The van der Waals surface area contributed by atoms with E-state index in [1.165, 1.54) is 16.2 Å². The number of carbonyl (C=O) groups excluding carboxylic acids is 2. The Morgan fingerprint density at radius 1 is 1.00 bits per heavy atom. The number of nitrogens with zero attached hydrogens (tertiary/aromatic N) is 2. The highest BCUT2D eigenvalue weighted by molar-refractivity contribution is 7.22. The molecule has 0 aliphatic carbocycles. The van der Waals surface area contributed by atoms with Crippen LogP contribution in [0.15, 0.2) is 78.4 Å². The summed E-state index contributed by atoms with van der Waals surface area (Å²) < 4.78 is 6.56. The number of hydrogen-bond acceptors (Lipinski definition) is 6. The van der Waals surface area contributed by atoms with Crippen molar-refractivity contribution in [3.05, 3.63) is 95.1 Å². The second kappa shape index (κ2) is 10.1. The van der Waals surface area contributed by atoms with Crippen molar-refractivity contribution in [3.63, 3.8) is 0 Å². The fraction of sp³-hybridized carbons (Fsp3) is 0.258. The molecule has 1 aliphatic heterocycles. The lowest BCUT2D eigenvalue weighted by atomic mass is 9.85. The van der Waals surface area contributed by atoms with Gasteiger partial charge in [-0.2, -0.15) is 0 Å². The number of hydrogen-bond donors (Lipinski definition) is 1. The van der Waals surface area contributed by atoms with Crippen LogP contribution in [0, 0.1) is 0 Å². The lowest BCUT2D eigenvalue weighted by Crippen LogP contribution is -2.29. The predicted octanol–water partition coefficient (Wildman–Crippen LogP) is 7.01. The molecule has 194 valence electrons. The van der Waals surface area contributed by atoms with Crippen molar-refractivity contribution >= 4 is 44.1 Å². The number of amides is 1. The van der Waals surface area contributed by atoms with Crippen LogP contribution in [0.1, 0.15) is 56.8 Å². The molecule has 4 aromatic rings. The molecule has 6 nitrogen and oxygen atoms in total. The van der Waals surface area contributed by atoms with E-state index in [4.69, 9.17) is 4.74 Å². The lowest BCUT2D eigenvalue weighted by Gasteiger charge is -2.24. The van der Waals surface area contributed by atoms with Crippen LogP contribution in [0.5, 0.6) is 5.75 Å². The van der Waals surface area contributed by atoms with Crippen molar-refractivity contribution in [2.24, 2.45) is 0 Å². The van der Waals surface area contributed by atoms with Gasteiger partial charge in [0, 0.05) is 5.56 Å². The number of aliphatic hydroxyl groups excluding tert-OH is 1. The fourth-order valence-corrected chi connectivity index (χ4v) is 5.55. The maximum Gasteiger partial charge on any atom is 0.301 e. The van der Waals surface area contributed by atoms with Crippen molar-refractivity contribution in [1.29, 1.82) is 0 Å². The van der Waals surface area contributed by atoms with E-state index < -0.39 is 17.7 Å². The number of benzene rings is 3. The van der Waals surface area contributed by atoms with Gasteiger partial charge in [-0.25, -0.2) is 4.98 Å². The third-order valence-corrected chi connectivity index (χ3v) is 7.66. The van der Waals surface area contributed by atoms with Gasteiger partial charge in [0.25, 0.3) is 5.78 Å². The number of thiazole rings is 1. The molecule has 0 radical (unpaired) electrons. The molecule has 1 aromatic heterocycles. The Kier molecular flexibility index (Phi) is 6.80. The van der Waals surface area contributed by atoms with Crippen LogP contribution in [-0.4, -0.2) is 28.4 Å². The average Bonchev–Trinajstić information content (AvgIpc) is 3.45. The molecule has 1 atom stereocenters. The number of rotatable bonds is 6. The molecule has 0 spiro atoms. The summed E-state index contributed by atoms with van der Waals surface area (Å²) in [5.41, 5.74) is 3.02. The zero-order valence-corrected chi connectivity index (χ0v) is 22.7. The summed E-state index contributed by atoms with van der Waals surface area (Å²) in [6, 6.07) is 21.6. The molecule has 1 N–H and O–H groups in total. The largest absolute Gasteiger partial charge is 0.507 e. The van der Waals surface area contributed by atoms with E-state index in [1.54, 1.807) is 24.3 Å². The standard InChI is InChI=1S/C31H30N2O4S/c1-5-18-37-22-16-12-20(13-17-22)27(34)25-26(19-10-14-21(15-11-19)31(2,3)4)33(29(36)28(25)35)30-32-23-8-6-7-9-24(23)38-30/h6-17,26,34H,5,18H2,1-4H3/b27-25+. The predicted molar refractivity (Wildman–Crippen MR) is 152 cm³/mol. The highest BCUT2D eigenvalue weighted by Crippen LogP contribution is 2.44. The zero-order valence-electron chi connectivity index (χ0n) is 21.9. The molecule has 0 saturated carbocycles.